The van der Waals surface area contributed by atoms with Crippen LogP contribution in [0.2, 0.25) is 0 Å². The molecular weight excluding hydrogens is 298 g/mol. The van der Waals surface area contributed by atoms with Crippen LogP contribution in [0, 0.1) is 11.3 Å². The maximum Gasteiger partial charge on any atom is 0.354 e. The summed E-state index contributed by atoms with van der Waals surface area (Å²) in [7, 11) is 0. The number of tetrazole rings is 1. The molecule has 3 rings (SSSR count). The highest BCUT2D eigenvalue weighted by Crippen LogP contribution is 2.22. The Morgan fingerprint density at radius 3 is 2.91 bits per heavy atom. The Morgan fingerprint density at radius 1 is 1.35 bits per heavy atom. The van der Waals surface area contributed by atoms with Gasteiger partial charge in [0.2, 0.25) is 5.82 Å². The van der Waals surface area contributed by atoms with Gasteiger partial charge in [-0.3, -0.25) is 0 Å². The molecule has 112 valence electrons. The molecule has 2 heterocycles. The van der Waals surface area contributed by atoms with Gasteiger partial charge in [0, 0.05) is 11.6 Å². The number of nitrogens with zero attached hydrogens (tertiary/aromatic N) is 5. The van der Waals surface area contributed by atoms with Crippen molar-refractivity contribution in [3.63, 3.8) is 0 Å². The fraction of sp³-hybridized carbons (Fsp3) is 0. The molecule has 0 fully saturated rings. The third-order valence-corrected chi connectivity index (χ3v) is 3.02. The van der Waals surface area contributed by atoms with Crippen LogP contribution in [0.5, 0.6) is 0 Å². The van der Waals surface area contributed by atoms with Crippen LogP contribution >= 0.6 is 0 Å². The number of hydrogen-bond donors (Lipinski definition) is 3. The number of carboxylic acids is 1. The van der Waals surface area contributed by atoms with Crippen molar-refractivity contribution in [3.05, 3.63) is 48.1 Å². The topological polar surface area (TPSA) is 140 Å². The summed E-state index contributed by atoms with van der Waals surface area (Å²) in [6.45, 7) is 0. The second kappa shape index (κ2) is 5.90. The van der Waals surface area contributed by atoms with E-state index in [9.17, 15) is 4.79 Å². The van der Waals surface area contributed by atoms with Crippen LogP contribution in [0.4, 0.5) is 5.69 Å². The molecule has 0 aliphatic heterocycles. The number of aromatic amines is 1. The fourth-order valence-electron chi connectivity index (χ4n) is 1.96. The number of nitrogens with one attached hydrogen (secondary N) is 2. The third kappa shape index (κ3) is 2.81. The Bertz CT molecular complexity index is 941. The summed E-state index contributed by atoms with van der Waals surface area (Å²) >= 11 is 0. The number of nitriles is 1. The fourth-order valence-corrected chi connectivity index (χ4v) is 1.96. The molecule has 0 atom stereocenters. The molecule has 0 amide bonds. The summed E-state index contributed by atoms with van der Waals surface area (Å²) in [5.41, 5.74) is 1.15. The van der Waals surface area contributed by atoms with Gasteiger partial charge in [-0.2, -0.15) is 10.5 Å². The first kappa shape index (κ1) is 14.2. The number of rotatable bonds is 4. The van der Waals surface area contributed by atoms with E-state index < -0.39 is 5.97 Å². The summed E-state index contributed by atoms with van der Waals surface area (Å²) < 4.78 is 0. The molecule has 9 heteroatoms. The van der Waals surface area contributed by atoms with Gasteiger partial charge in [-0.05, 0) is 17.3 Å². The van der Waals surface area contributed by atoms with Crippen molar-refractivity contribution in [2.45, 2.75) is 0 Å². The molecule has 0 unspecified atom stereocenters. The lowest BCUT2D eigenvalue weighted by Gasteiger charge is -2.06. The molecule has 0 aliphatic carbocycles. The van der Waals surface area contributed by atoms with E-state index in [1.165, 1.54) is 12.3 Å². The molecule has 0 spiro atoms. The molecule has 3 N–H and O–H groups in total. The standard InChI is InChI=1S/C14H9N7O2/c15-6-9(13-18-20-21-19-13)7-16-10-3-1-2-8-4-5-11(14(22)23)17-12(8)10/h1-5,7,16H,(H,22,23)(H,18,19,20,21). The predicted octanol–water partition coefficient (Wildman–Crippen LogP) is 1.42. The van der Waals surface area contributed by atoms with Crippen LogP contribution in [0.1, 0.15) is 16.3 Å². The SMILES string of the molecule is N#CC(=CNc1cccc2ccc(C(=O)O)nc12)c1nn[nH]n1. The maximum atomic E-state index is 11.1. The third-order valence-electron chi connectivity index (χ3n) is 3.02. The van der Waals surface area contributed by atoms with Gasteiger partial charge in [-0.25, -0.2) is 9.78 Å². The number of para-hydroxylation sites is 1. The molecule has 0 radical (unpaired) electrons. The zero-order valence-electron chi connectivity index (χ0n) is 11.6. The smallest absolute Gasteiger partial charge is 0.354 e. The molecule has 1 aromatic carbocycles. The van der Waals surface area contributed by atoms with Crippen molar-refractivity contribution < 1.29 is 9.90 Å². The Kier molecular flexibility index (Phi) is 3.63. The molecule has 23 heavy (non-hydrogen) atoms. The van der Waals surface area contributed by atoms with Crippen molar-refractivity contribution in [2.24, 2.45) is 0 Å². The van der Waals surface area contributed by atoms with E-state index in [4.69, 9.17) is 10.4 Å². The van der Waals surface area contributed by atoms with Gasteiger partial charge in [0.25, 0.3) is 0 Å². The number of anilines is 1. The first-order valence-corrected chi connectivity index (χ1v) is 6.43. The van der Waals surface area contributed by atoms with E-state index >= 15 is 0 Å². The number of carbonyl (C=O) groups is 1. The summed E-state index contributed by atoms with van der Waals surface area (Å²) in [6.07, 6.45) is 1.41. The summed E-state index contributed by atoms with van der Waals surface area (Å²) in [5, 5.41) is 35.0. The molecule has 0 saturated heterocycles. The highest BCUT2D eigenvalue weighted by molar-refractivity contribution is 5.95. The minimum atomic E-state index is -1.11. The van der Waals surface area contributed by atoms with Crippen LogP contribution in [0.25, 0.3) is 16.5 Å². The minimum Gasteiger partial charge on any atom is -0.477 e. The molecule has 0 saturated carbocycles. The minimum absolute atomic E-state index is 0.0607. The zero-order valence-corrected chi connectivity index (χ0v) is 11.6. The number of fused-ring (bicyclic) bond motifs is 1. The number of hydrogen-bond acceptors (Lipinski definition) is 7. The lowest BCUT2D eigenvalue weighted by atomic mass is 10.1. The number of aromatic carboxylic acids is 1. The highest BCUT2D eigenvalue weighted by Gasteiger charge is 2.09. The highest BCUT2D eigenvalue weighted by atomic mass is 16.4. The van der Waals surface area contributed by atoms with Crippen LogP contribution in [-0.2, 0) is 0 Å². The van der Waals surface area contributed by atoms with Crippen molar-refractivity contribution in [1.29, 1.82) is 5.26 Å². The second-order valence-electron chi connectivity index (χ2n) is 4.43. The van der Waals surface area contributed by atoms with E-state index in [2.05, 4.69) is 30.9 Å². The van der Waals surface area contributed by atoms with Crippen LogP contribution in [0.3, 0.4) is 0 Å². The van der Waals surface area contributed by atoms with Crippen LogP contribution in [-0.4, -0.2) is 36.7 Å². The van der Waals surface area contributed by atoms with Crippen LogP contribution < -0.4 is 5.32 Å². The van der Waals surface area contributed by atoms with E-state index in [0.717, 1.165) is 5.39 Å². The Hall–Kier alpha value is -3.80. The number of benzene rings is 1. The summed E-state index contributed by atoms with van der Waals surface area (Å²) in [5.74, 6) is -0.957. The molecule has 9 nitrogen and oxygen atoms in total. The number of H-pyrrole nitrogens is 1. The average Bonchev–Trinajstić information content (AvgIpc) is 3.09. The van der Waals surface area contributed by atoms with Crippen molar-refractivity contribution in [3.8, 4) is 6.07 Å². The van der Waals surface area contributed by atoms with Gasteiger partial charge >= 0.3 is 5.97 Å². The van der Waals surface area contributed by atoms with Crippen molar-refractivity contribution in [1.82, 2.24) is 25.6 Å². The van der Waals surface area contributed by atoms with Crippen molar-refractivity contribution >= 4 is 28.1 Å². The Balaban J connectivity index is 2.01. The molecular formula is C14H9N7O2. The second-order valence-corrected chi connectivity index (χ2v) is 4.43. The quantitative estimate of drug-likeness (QED) is 0.614. The Labute approximate surface area is 129 Å². The average molecular weight is 307 g/mol. The zero-order chi connectivity index (χ0) is 16.2. The first-order chi connectivity index (χ1) is 11.2. The number of allylic oxidation sites excluding steroid dienone is 1. The van der Waals surface area contributed by atoms with Gasteiger partial charge in [0.1, 0.15) is 17.3 Å². The first-order valence-electron chi connectivity index (χ1n) is 6.43. The predicted molar refractivity (Wildman–Crippen MR) is 80.1 cm³/mol. The van der Waals surface area contributed by atoms with E-state index in [-0.39, 0.29) is 17.1 Å². The van der Waals surface area contributed by atoms with E-state index in [1.54, 1.807) is 18.2 Å². The summed E-state index contributed by atoms with van der Waals surface area (Å²) in [4.78, 5) is 15.2. The molecule has 2 aromatic heterocycles. The molecule has 3 aromatic rings. The van der Waals surface area contributed by atoms with E-state index in [0.29, 0.717) is 11.2 Å². The largest absolute Gasteiger partial charge is 0.477 e. The monoisotopic (exact) mass is 307 g/mol. The number of aromatic nitrogens is 5. The summed E-state index contributed by atoms with van der Waals surface area (Å²) in [6, 6.07) is 10.4. The normalized spacial score (nSPS) is 11.2. The van der Waals surface area contributed by atoms with Crippen molar-refractivity contribution in [2.75, 3.05) is 5.32 Å². The molecule has 0 bridgehead atoms. The van der Waals surface area contributed by atoms with Gasteiger partial charge in [0.05, 0.1) is 11.2 Å². The van der Waals surface area contributed by atoms with E-state index in [1.807, 2.05) is 12.1 Å². The number of carboxylic acid groups (broad SMARTS) is 1. The van der Waals surface area contributed by atoms with Gasteiger partial charge in [-0.1, -0.05) is 18.2 Å². The lowest BCUT2D eigenvalue weighted by Crippen LogP contribution is -2.01. The van der Waals surface area contributed by atoms with Gasteiger partial charge in [-0.15, -0.1) is 10.2 Å². The molecule has 0 aliphatic rings. The number of pyridine rings is 1. The Morgan fingerprint density at radius 2 is 2.22 bits per heavy atom. The van der Waals surface area contributed by atoms with Gasteiger partial charge in [0.15, 0.2) is 0 Å². The lowest BCUT2D eigenvalue weighted by molar-refractivity contribution is 0.0691. The van der Waals surface area contributed by atoms with Crippen LogP contribution in [0.15, 0.2) is 36.5 Å². The maximum absolute atomic E-state index is 11.1. The van der Waals surface area contributed by atoms with Gasteiger partial charge < -0.3 is 10.4 Å².